The van der Waals surface area contributed by atoms with Gasteiger partial charge in [0, 0.05) is 12.4 Å². The van der Waals surface area contributed by atoms with E-state index in [1.54, 1.807) is 12.1 Å². The maximum absolute atomic E-state index is 11.8. The largest absolute Gasteiger partial charge is 0.481 e. The molecule has 0 bridgehead atoms. The monoisotopic (exact) mass is 361 g/mol. The zero-order chi connectivity index (χ0) is 15.1. The van der Waals surface area contributed by atoms with Gasteiger partial charge in [-0.05, 0) is 55.4 Å². The molecule has 1 heterocycles. The Hall–Kier alpha value is -1.15. The molecule has 1 aromatic heterocycles. The zero-order valence-corrected chi connectivity index (χ0v) is 13.6. The van der Waals surface area contributed by atoms with E-state index in [0.717, 1.165) is 22.0 Å². The molecule has 2 rings (SSSR count). The third-order valence-corrected chi connectivity index (χ3v) is 4.26. The lowest BCUT2D eigenvalue weighted by Gasteiger charge is -2.12. The number of carbonyl (C=O) groups excluding carboxylic acids is 1. The second-order valence-electron chi connectivity index (χ2n) is 3.67. The molecule has 0 spiro atoms. The molecule has 0 atom stereocenters. The maximum atomic E-state index is 11.8. The average molecular weight is 362 g/mol. The van der Waals surface area contributed by atoms with Crippen molar-refractivity contribution in [1.29, 1.82) is 0 Å². The molecule has 0 aliphatic rings. The van der Waals surface area contributed by atoms with Crippen LogP contribution in [0.3, 0.4) is 0 Å². The predicted molar refractivity (Wildman–Crippen MR) is 86.0 cm³/mol. The van der Waals surface area contributed by atoms with Gasteiger partial charge in [0.25, 0.3) is 5.91 Å². The quantitative estimate of drug-likeness (QED) is 0.839. The highest BCUT2D eigenvalue weighted by Crippen LogP contribution is 2.40. The number of ether oxygens (including phenoxy) is 1. The minimum atomic E-state index is -0.351. The average Bonchev–Trinajstić information content (AvgIpc) is 2.53. The summed E-state index contributed by atoms with van der Waals surface area (Å²) >= 11 is 0. The van der Waals surface area contributed by atoms with Crippen molar-refractivity contribution in [2.45, 2.75) is 9.79 Å². The molecule has 1 aromatic carbocycles. The third kappa shape index (κ3) is 4.67. The molecule has 0 saturated heterocycles. The smallest absolute Gasteiger partial charge is 0.263 e. The van der Waals surface area contributed by atoms with Gasteiger partial charge in [0.2, 0.25) is 0 Å². The molecule has 0 aliphatic carbocycles. The van der Waals surface area contributed by atoms with Crippen LogP contribution in [0, 0.1) is 0 Å². The van der Waals surface area contributed by atoms with E-state index in [0.29, 0.717) is 21.4 Å². The number of hydrogen-bond donors (Lipinski definition) is 1. The van der Waals surface area contributed by atoms with Gasteiger partial charge in [0.1, 0.15) is 5.75 Å². The molecule has 0 radical (unpaired) electrons. The second kappa shape index (κ2) is 8.33. The number of halogens is 2. The molecule has 9 heteroatoms. The number of para-hydroxylation sites is 1. The van der Waals surface area contributed by atoms with E-state index in [1.165, 1.54) is 18.6 Å². The second-order valence-corrected chi connectivity index (χ2v) is 5.78. The highest BCUT2D eigenvalue weighted by molar-refractivity contribution is 8.21. The van der Waals surface area contributed by atoms with Crippen LogP contribution in [0.25, 0.3) is 0 Å². The third-order valence-electron chi connectivity index (χ3n) is 2.29. The van der Waals surface area contributed by atoms with Gasteiger partial charge < -0.3 is 10.1 Å². The molecule has 0 aliphatic heterocycles. The van der Waals surface area contributed by atoms with Crippen LogP contribution >= 0.6 is 43.3 Å². The number of anilines is 1. The van der Waals surface area contributed by atoms with Gasteiger partial charge in [0.15, 0.2) is 12.4 Å². The predicted octanol–water partition coefficient (Wildman–Crippen LogP) is 3.99. The van der Waals surface area contributed by atoms with Gasteiger partial charge in [-0.25, -0.2) is 4.98 Å². The molecule has 0 saturated carbocycles. The number of benzene rings is 1. The Bertz CT molecular complexity index is 594. The van der Waals surface area contributed by atoms with Crippen molar-refractivity contribution >= 4 is 55.0 Å². The van der Waals surface area contributed by atoms with E-state index >= 15 is 0 Å². The Labute approximate surface area is 138 Å². The number of rotatable bonds is 6. The highest BCUT2D eigenvalue weighted by atomic mass is 35.7. The normalized spacial score (nSPS) is 10.2. The van der Waals surface area contributed by atoms with E-state index in [-0.39, 0.29) is 12.5 Å². The standard InChI is InChI=1S/C12H9Cl2N3O2S2/c13-20-8-2-1-3-9(21-14)12(8)19-7-11(18)17-10-6-15-4-5-16-10/h1-6H,7H2,(H,16,17,18). The lowest BCUT2D eigenvalue weighted by Crippen LogP contribution is -2.21. The van der Waals surface area contributed by atoms with Crippen LogP contribution in [0.15, 0.2) is 46.6 Å². The van der Waals surface area contributed by atoms with Crippen LogP contribution in [0.4, 0.5) is 5.82 Å². The molecular weight excluding hydrogens is 353 g/mol. The zero-order valence-electron chi connectivity index (χ0n) is 10.5. The summed E-state index contributed by atoms with van der Waals surface area (Å²) < 4.78 is 5.51. The summed E-state index contributed by atoms with van der Waals surface area (Å²) in [4.78, 5) is 21.0. The Kier molecular flexibility index (Phi) is 6.44. The van der Waals surface area contributed by atoms with Gasteiger partial charge in [0.05, 0.1) is 16.0 Å². The first kappa shape index (κ1) is 16.2. The van der Waals surface area contributed by atoms with Crippen molar-refractivity contribution in [3.05, 3.63) is 36.8 Å². The summed E-state index contributed by atoms with van der Waals surface area (Å²) in [6.07, 6.45) is 4.45. The molecule has 0 fully saturated rings. The fourth-order valence-electron chi connectivity index (χ4n) is 1.44. The number of amides is 1. The summed E-state index contributed by atoms with van der Waals surface area (Å²) in [5.41, 5.74) is 0. The molecule has 5 nitrogen and oxygen atoms in total. The molecular formula is C12H9Cl2N3O2S2. The maximum Gasteiger partial charge on any atom is 0.263 e. The summed E-state index contributed by atoms with van der Waals surface area (Å²) in [6.45, 7) is -0.185. The van der Waals surface area contributed by atoms with Crippen LogP contribution in [-0.4, -0.2) is 22.5 Å². The Morgan fingerprint density at radius 2 is 1.95 bits per heavy atom. The van der Waals surface area contributed by atoms with Crippen molar-refractivity contribution in [3.63, 3.8) is 0 Å². The van der Waals surface area contributed by atoms with Crippen LogP contribution < -0.4 is 10.1 Å². The Morgan fingerprint density at radius 3 is 2.52 bits per heavy atom. The van der Waals surface area contributed by atoms with Gasteiger partial charge >= 0.3 is 0 Å². The summed E-state index contributed by atoms with van der Waals surface area (Å²) in [5.74, 6) is 0.486. The number of carbonyl (C=O) groups is 1. The summed E-state index contributed by atoms with van der Waals surface area (Å²) in [6, 6.07) is 5.37. The van der Waals surface area contributed by atoms with E-state index in [1.807, 2.05) is 6.07 Å². The number of nitrogens with zero attached hydrogens (tertiary/aromatic N) is 2. The molecule has 0 unspecified atom stereocenters. The van der Waals surface area contributed by atoms with E-state index in [2.05, 4.69) is 15.3 Å². The molecule has 110 valence electrons. The van der Waals surface area contributed by atoms with Crippen molar-refractivity contribution in [2.75, 3.05) is 11.9 Å². The van der Waals surface area contributed by atoms with Crippen molar-refractivity contribution in [2.24, 2.45) is 0 Å². The first-order valence-corrected chi connectivity index (χ1v) is 8.92. The van der Waals surface area contributed by atoms with Crippen molar-refractivity contribution in [1.82, 2.24) is 9.97 Å². The number of nitrogens with one attached hydrogen (secondary N) is 1. The van der Waals surface area contributed by atoms with Crippen LogP contribution in [0.5, 0.6) is 5.75 Å². The Balaban J connectivity index is 2.01. The van der Waals surface area contributed by atoms with Crippen LogP contribution in [0.1, 0.15) is 0 Å². The molecule has 1 N–H and O–H groups in total. The lowest BCUT2D eigenvalue weighted by molar-refractivity contribution is -0.118. The topological polar surface area (TPSA) is 64.1 Å². The first-order chi connectivity index (χ1) is 10.2. The SMILES string of the molecule is O=C(COc1c(SCl)cccc1SCl)Nc1cnccn1. The van der Waals surface area contributed by atoms with E-state index < -0.39 is 0 Å². The lowest BCUT2D eigenvalue weighted by atomic mass is 10.3. The highest BCUT2D eigenvalue weighted by Gasteiger charge is 2.12. The summed E-state index contributed by atoms with van der Waals surface area (Å²) in [7, 11) is 13.5. The van der Waals surface area contributed by atoms with Crippen LogP contribution in [-0.2, 0) is 4.79 Å². The van der Waals surface area contributed by atoms with Crippen LogP contribution in [0.2, 0.25) is 0 Å². The molecule has 2 aromatic rings. The van der Waals surface area contributed by atoms with Crippen molar-refractivity contribution < 1.29 is 9.53 Å². The van der Waals surface area contributed by atoms with Crippen molar-refractivity contribution in [3.8, 4) is 5.75 Å². The van der Waals surface area contributed by atoms with E-state index in [4.69, 9.17) is 26.1 Å². The van der Waals surface area contributed by atoms with E-state index in [9.17, 15) is 4.79 Å². The summed E-state index contributed by atoms with van der Waals surface area (Å²) in [5, 5.41) is 2.57. The number of aromatic nitrogens is 2. The van der Waals surface area contributed by atoms with Gasteiger partial charge in [-0.15, -0.1) is 0 Å². The molecule has 21 heavy (non-hydrogen) atoms. The first-order valence-electron chi connectivity index (χ1n) is 5.63. The van der Waals surface area contributed by atoms with Gasteiger partial charge in [-0.2, -0.15) is 0 Å². The Morgan fingerprint density at radius 1 is 1.24 bits per heavy atom. The van der Waals surface area contributed by atoms with Gasteiger partial charge in [-0.3, -0.25) is 9.78 Å². The number of hydrogen-bond acceptors (Lipinski definition) is 6. The molecule has 1 amide bonds. The minimum absolute atomic E-state index is 0.185. The fraction of sp³-hybridized carbons (Fsp3) is 0.0833. The minimum Gasteiger partial charge on any atom is -0.481 e. The fourth-order valence-corrected chi connectivity index (χ4v) is 2.97. The van der Waals surface area contributed by atoms with Gasteiger partial charge in [-0.1, -0.05) is 6.07 Å².